The Morgan fingerprint density at radius 1 is 1.42 bits per heavy atom. The van der Waals surface area contributed by atoms with Crippen LogP contribution in [0.3, 0.4) is 0 Å². The Kier molecular flexibility index (Phi) is 4.82. The predicted octanol–water partition coefficient (Wildman–Crippen LogP) is 1.57. The predicted molar refractivity (Wildman–Crippen MR) is 73.9 cm³/mol. The van der Waals surface area contributed by atoms with Crippen molar-refractivity contribution in [3.05, 3.63) is 31.6 Å². The Morgan fingerprint density at radius 2 is 2.16 bits per heavy atom. The molecule has 0 amide bonds. The Morgan fingerprint density at radius 3 is 2.79 bits per heavy atom. The lowest BCUT2D eigenvalue weighted by Crippen LogP contribution is -2.38. The molecule has 2 rings (SSSR count). The van der Waals surface area contributed by atoms with Gasteiger partial charge in [0.05, 0.1) is 18.7 Å². The molecule has 106 valence electrons. The highest BCUT2D eigenvalue weighted by molar-refractivity contribution is 6.30. The van der Waals surface area contributed by atoms with Gasteiger partial charge in [-0.3, -0.25) is 14.3 Å². The Labute approximate surface area is 116 Å². The number of halogens is 1. The lowest BCUT2D eigenvalue weighted by atomic mass is 10.2. The molecular formula is C13H19ClN2O3. The zero-order valence-corrected chi connectivity index (χ0v) is 11.8. The first-order chi connectivity index (χ1) is 9.13. The maximum Gasteiger partial charge on any atom is 0.329 e. The highest BCUT2D eigenvalue weighted by atomic mass is 35.5. The molecule has 1 aromatic heterocycles. The average Bonchev–Trinajstić information content (AvgIpc) is 3.17. The monoisotopic (exact) mass is 286 g/mol. The van der Waals surface area contributed by atoms with Crippen LogP contribution in [0.25, 0.3) is 0 Å². The van der Waals surface area contributed by atoms with Crippen molar-refractivity contribution in [1.29, 1.82) is 0 Å². The van der Waals surface area contributed by atoms with Crippen molar-refractivity contribution in [2.24, 2.45) is 5.92 Å². The van der Waals surface area contributed by atoms with Crippen LogP contribution < -0.4 is 11.2 Å². The smallest absolute Gasteiger partial charge is 0.329 e. The lowest BCUT2D eigenvalue weighted by Gasteiger charge is -2.08. The van der Waals surface area contributed by atoms with Crippen LogP contribution in [-0.2, 0) is 17.7 Å². The molecule has 0 atom stereocenters. The number of H-pyrrole nitrogens is 1. The van der Waals surface area contributed by atoms with Crippen LogP contribution >= 0.6 is 11.6 Å². The van der Waals surface area contributed by atoms with Gasteiger partial charge in [0.2, 0.25) is 0 Å². The van der Waals surface area contributed by atoms with E-state index in [1.807, 2.05) is 6.92 Å². The summed E-state index contributed by atoms with van der Waals surface area (Å²) in [6, 6.07) is 0. The molecule has 6 heteroatoms. The van der Waals surface area contributed by atoms with Crippen molar-refractivity contribution in [2.75, 3.05) is 13.2 Å². The molecule has 1 heterocycles. The minimum atomic E-state index is -0.468. The standard InChI is InChI=1S/C13H19ClN2O3/c1-2-3-10-11(14)15-13(18)16(12(10)17)6-7-19-8-9-4-5-9/h9H,2-8H2,1H3,(H,15,18). The van der Waals surface area contributed by atoms with Gasteiger partial charge in [0.1, 0.15) is 5.15 Å². The van der Waals surface area contributed by atoms with Gasteiger partial charge in [0.15, 0.2) is 0 Å². The molecule has 0 bridgehead atoms. The summed E-state index contributed by atoms with van der Waals surface area (Å²) < 4.78 is 6.63. The van der Waals surface area contributed by atoms with Crippen LogP contribution in [0.5, 0.6) is 0 Å². The first-order valence-corrected chi connectivity index (χ1v) is 7.10. The molecule has 1 saturated carbocycles. The third-order valence-corrected chi connectivity index (χ3v) is 3.56. The summed E-state index contributed by atoms with van der Waals surface area (Å²) in [5, 5.41) is 0.159. The molecule has 1 N–H and O–H groups in total. The fourth-order valence-electron chi connectivity index (χ4n) is 1.95. The van der Waals surface area contributed by atoms with E-state index in [-0.39, 0.29) is 17.3 Å². The van der Waals surface area contributed by atoms with Crippen LogP contribution in [0, 0.1) is 5.92 Å². The molecule has 0 radical (unpaired) electrons. The number of aromatic amines is 1. The van der Waals surface area contributed by atoms with Crippen LogP contribution in [-0.4, -0.2) is 22.8 Å². The largest absolute Gasteiger partial charge is 0.379 e. The summed E-state index contributed by atoms with van der Waals surface area (Å²) in [6.07, 6.45) is 3.82. The summed E-state index contributed by atoms with van der Waals surface area (Å²) >= 11 is 5.90. The molecule has 0 aliphatic heterocycles. The average molecular weight is 287 g/mol. The van der Waals surface area contributed by atoms with E-state index >= 15 is 0 Å². The quantitative estimate of drug-likeness (QED) is 0.611. The van der Waals surface area contributed by atoms with Crippen molar-refractivity contribution in [3.8, 4) is 0 Å². The van der Waals surface area contributed by atoms with Crippen molar-refractivity contribution in [2.45, 2.75) is 39.2 Å². The fourth-order valence-corrected chi connectivity index (χ4v) is 2.20. The summed E-state index contributed by atoms with van der Waals surface area (Å²) in [5.41, 5.74) is -0.290. The maximum atomic E-state index is 12.1. The highest BCUT2D eigenvalue weighted by Gasteiger charge is 2.21. The van der Waals surface area contributed by atoms with Crippen LogP contribution in [0.15, 0.2) is 9.59 Å². The van der Waals surface area contributed by atoms with Crippen LogP contribution in [0.1, 0.15) is 31.7 Å². The van der Waals surface area contributed by atoms with E-state index in [9.17, 15) is 9.59 Å². The first-order valence-electron chi connectivity index (χ1n) is 6.72. The second-order valence-corrected chi connectivity index (χ2v) is 5.33. The van der Waals surface area contributed by atoms with Gasteiger partial charge >= 0.3 is 5.69 Å². The zero-order chi connectivity index (χ0) is 13.8. The van der Waals surface area contributed by atoms with Gasteiger partial charge in [-0.25, -0.2) is 4.79 Å². The molecular weight excluding hydrogens is 268 g/mol. The highest BCUT2D eigenvalue weighted by Crippen LogP contribution is 2.28. The van der Waals surface area contributed by atoms with Crippen LogP contribution in [0.4, 0.5) is 0 Å². The number of ether oxygens (including phenoxy) is 1. The maximum absolute atomic E-state index is 12.1. The number of rotatable bonds is 7. The fraction of sp³-hybridized carbons (Fsp3) is 0.692. The van der Waals surface area contributed by atoms with E-state index in [1.54, 1.807) is 0 Å². The number of nitrogens with one attached hydrogen (secondary N) is 1. The van der Waals surface area contributed by atoms with Crippen molar-refractivity contribution < 1.29 is 4.74 Å². The van der Waals surface area contributed by atoms with E-state index in [1.165, 1.54) is 17.4 Å². The second kappa shape index (κ2) is 6.39. The Bertz CT molecular complexity index is 546. The number of hydrogen-bond acceptors (Lipinski definition) is 3. The molecule has 1 fully saturated rings. The van der Waals surface area contributed by atoms with Gasteiger partial charge < -0.3 is 4.74 Å². The third-order valence-electron chi connectivity index (χ3n) is 3.24. The minimum Gasteiger partial charge on any atom is -0.379 e. The van der Waals surface area contributed by atoms with E-state index in [0.29, 0.717) is 24.5 Å². The van der Waals surface area contributed by atoms with Gasteiger partial charge in [-0.1, -0.05) is 24.9 Å². The number of aromatic nitrogens is 2. The van der Waals surface area contributed by atoms with Gasteiger partial charge in [-0.05, 0) is 25.2 Å². The Balaban J connectivity index is 2.07. The SMILES string of the molecule is CCCc1c(Cl)[nH]c(=O)n(CCOCC2CC2)c1=O. The molecule has 0 saturated heterocycles. The van der Waals surface area contributed by atoms with Gasteiger partial charge in [0, 0.05) is 6.61 Å². The van der Waals surface area contributed by atoms with E-state index < -0.39 is 5.69 Å². The zero-order valence-electron chi connectivity index (χ0n) is 11.1. The molecule has 19 heavy (non-hydrogen) atoms. The summed E-state index contributed by atoms with van der Waals surface area (Å²) in [7, 11) is 0. The number of hydrogen-bond donors (Lipinski definition) is 1. The molecule has 5 nitrogen and oxygen atoms in total. The van der Waals surface area contributed by atoms with E-state index in [2.05, 4.69) is 4.98 Å². The summed E-state index contributed by atoms with van der Waals surface area (Å²) in [5.74, 6) is 0.677. The first kappa shape index (κ1) is 14.3. The van der Waals surface area contributed by atoms with E-state index in [4.69, 9.17) is 16.3 Å². The second-order valence-electron chi connectivity index (χ2n) is 4.95. The molecule has 1 aliphatic rings. The van der Waals surface area contributed by atoms with Gasteiger partial charge in [-0.2, -0.15) is 0 Å². The molecule has 0 aromatic carbocycles. The summed E-state index contributed by atoms with van der Waals surface area (Å²) in [6.45, 7) is 3.34. The topological polar surface area (TPSA) is 64.1 Å². The number of nitrogens with zero attached hydrogens (tertiary/aromatic N) is 1. The van der Waals surface area contributed by atoms with E-state index in [0.717, 1.165) is 13.0 Å². The van der Waals surface area contributed by atoms with Crippen LogP contribution in [0.2, 0.25) is 5.15 Å². The van der Waals surface area contributed by atoms with Crippen molar-refractivity contribution >= 4 is 11.6 Å². The third kappa shape index (κ3) is 3.70. The Hall–Kier alpha value is -1.07. The molecule has 1 aromatic rings. The molecule has 0 unspecified atom stereocenters. The van der Waals surface area contributed by atoms with Crippen molar-refractivity contribution in [1.82, 2.24) is 9.55 Å². The van der Waals surface area contributed by atoms with Gasteiger partial charge in [0.25, 0.3) is 5.56 Å². The van der Waals surface area contributed by atoms with Gasteiger partial charge in [-0.15, -0.1) is 0 Å². The minimum absolute atomic E-state index is 0.159. The lowest BCUT2D eigenvalue weighted by molar-refractivity contribution is 0.115. The summed E-state index contributed by atoms with van der Waals surface area (Å²) in [4.78, 5) is 26.4. The molecule has 0 spiro atoms. The van der Waals surface area contributed by atoms with Crippen molar-refractivity contribution in [3.63, 3.8) is 0 Å². The molecule has 1 aliphatic carbocycles. The normalized spacial score (nSPS) is 14.8.